The molecule has 0 saturated heterocycles. The third-order valence-corrected chi connectivity index (χ3v) is 5.40. The normalized spacial score (nSPS) is 11.2. The van der Waals surface area contributed by atoms with Crippen molar-refractivity contribution in [2.45, 2.75) is 0 Å². The maximum Gasteiger partial charge on any atom is 0.288 e. The number of oxazole rings is 1. The molecule has 32 heavy (non-hydrogen) atoms. The van der Waals surface area contributed by atoms with Crippen LogP contribution < -0.4 is 5.32 Å². The summed E-state index contributed by atoms with van der Waals surface area (Å²) in [5.74, 6) is 0.0534. The van der Waals surface area contributed by atoms with Gasteiger partial charge in [0.05, 0.1) is 9.40 Å². The van der Waals surface area contributed by atoms with Gasteiger partial charge in [-0.15, -0.1) is 0 Å². The van der Waals surface area contributed by atoms with Gasteiger partial charge in [0.25, 0.3) is 5.69 Å². The van der Waals surface area contributed by atoms with E-state index in [9.17, 15) is 20.0 Å². The van der Waals surface area contributed by atoms with E-state index in [2.05, 4.69) is 26.2 Å². The van der Waals surface area contributed by atoms with Gasteiger partial charge in [-0.05, 0) is 70.0 Å². The summed E-state index contributed by atoms with van der Waals surface area (Å²) >= 11 is 9.05. The number of carbonyl (C=O) groups is 1. The van der Waals surface area contributed by atoms with Crippen LogP contribution in [0, 0.1) is 10.1 Å². The summed E-state index contributed by atoms with van der Waals surface area (Å²) in [5.41, 5.74) is 2.48. The van der Waals surface area contributed by atoms with E-state index in [4.69, 9.17) is 16.0 Å². The Morgan fingerprint density at radius 3 is 2.75 bits per heavy atom. The van der Waals surface area contributed by atoms with Gasteiger partial charge in [0, 0.05) is 23.4 Å². The van der Waals surface area contributed by atoms with Gasteiger partial charge in [0.2, 0.25) is 11.8 Å². The van der Waals surface area contributed by atoms with Gasteiger partial charge in [-0.2, -0.15) is 0 Å². The smallest absolute Gasteiger partial charge is 0.288 e. The predicted molar refractivity (Wildman–Crippen MR) is 125 cm³/mol. The third-order valence-electron chi connectivity index (χ3n) is 4.44. The lowest BCUT2D eigenvalue weighted by Gasteiger charge is -2.01. The highest BCUT2D eigenvalue weighted by Crippen LogP contribution is 2.31. The molecule has 1 amide bonds. The number of phenolic OH excluding ortho intramolecular Hbond substituents is 1. The molecule has 0 radical (unpaired) electrons. The summed E-state index contributed by atoms with van der Waals surface area (Å²) in [7, 11) is 0. The molecule has 160 valence electrons. The van der Waals surface area contributed by atoms with Crippen LogP contribution in [-0.2, 0) is 4.79 Å². The summed E-state index contributed by atoms with van der Waals surface area (Å²) in [4.78, 5) is 27.1. The molecule has 4 aromatic rings. The highest BCUT2D eigenvalue weighted by molar-refractivity contribution is 9.10. The first-order chi connectivity index (χ1) is 15.3. The van der Waals surface area contributed by atoms with Crippen LogP contribution in [0.2, 0.25) is 5.02 Å². The van der Waals surface area contributed by atoms with E-state index in [1.165, 1.54) is 30.4 Å². The van der Waals surface area contributed by atoms with E-state index in [1.54, 1.807) is 36.4 Å². The number of nitro benzene ring substituents is 1. The number of benzene rings is 3. The Kier molecular flexibility index (Phi) is 5.93. The molecular formula is C22H13BrClN3O5. The number of amides is 1. The Bertz CT molecular complexity index is 1400. The van der Waals surface area contributed by atoms with Crippen LogP contribution in [-0.4, -0.2) is 20.9 Å². The molecule has 4 rings (SSSR count). The molecule has 0 spiro atoms. The van der Waals surface area contributed by atoms with Crippen molar-refractivity contribution in [3.05, 3.63) is 85.8 Å². The topological polar surface area (TPSA) is 118 Å². The predicted octanol–water partition coefficient (Wildman–Crippen LogP) is 6.18. The van der Waals surface area contributed by atoms with Crippen molar-refractivity contribution in [2.75, 3.05) is 5.32 Å². The zero-order chi connectivity index (χ0) is 22.8. The lowest BCUT2D eigenvalue weighted by Crippen LogP contribution is -2.07. The number of anilines is 1. The molecule has 0 fully saturated rings. The summed E-state index contributed by atoms with van der Waals surface area (Å²) in [6.07, 6.45) is 2.72. The number of rotatable bonds is 5. The first-order valence-corrected chi connectivity index (χ1v) is 10.3. The van der Waals surface area contributed by atoms with Gasteiger partial charge in [-0.3, -0.25) is 14.9 Å². The Labute approximate surface area is 194 Å². The minimum Gasteiger partial charge on any atom is -0.507 e. The van der Waals surface area contributed by atoms with E-state index >= 15 is 0 Å². The molecule has 0 aliphatic rings. The molecule has 0 unspecified atom stereocenters. The van der Waals surface area contributed by atoms with Gasteiger partial charge in [-0.25, -0.2) is 4.98 Å². The van der Waals surface area contributed by atoms with Gasteiger partial charge in [0.1, 0.15) is 16.3 Å². The molecular weight excluding hydrogens is 502 g/mol. The number of carbonyl (C=O) groups excluding carboxylic acids is 1. The Morgan fingerprint density at radius 2 is 2.00 bits per heavy atom. The van der Waals surface area contributed by atoms with Gasteiger partial charge in [-0.1, -0.05) is 17.7 Å². The Hall–Kier alpha value is -3.69. The summed E-state index contributed by atoms with van der Waals surface area (Å²) in [6, 6.07) is 14.2. The van der Waals surface area contributed by atoms with Crippen LogP contribution in [0.15, 0.2) is 69.6 Å². The SMILES string of the molecule is O=C(C=Cc1ccc(Cl)c([N+](=O)[O-])c1)Nc1ccc2oc(-c3ccc(O)c(Br)c3)nc2c1. The number of halogens is 2. The fraction of sp³-hybridized carbons (Fsp3) is 0. The molecule has 0 aliphatic heterocycles. The fourth-order valence-electron chi connectivity index (χ4n) is 2.90. The number of aromatic hydroxyl groups is 1. The van der Waals surface area contributed by atoms with Gasteiger partial charge >= 0.3 is 0 Å². The maximum atomic E-state index is 12.3. The highest BCUT2D eigenvalue weighted by Gasteiger charge is 2.13. The number of fused-ring (bicyclic) bond motifs is 1. The van der Waals surface area contributed by atoms with E-state index < -0.39 is 10.8 Å². The molecule has 0 bridgehead atoms. The molecule has 8 nitrogen and oxygen atoms in total. The van der Waals surface area contributed by atoms with Crippen molar-refractivity contribution in [2.24, 2.45) is 0 Å². The maximum absolute atomic E-state index is 12.3. The van der Waals surface area contributed by atoms with Crippen molar-refractivity contribution in [1.82, 2.24) is 4.98 Å². The standard InChI is InChI=1S/C22H13BrClN3O5/c23-15-10-13(3-6-19(15)28)22-26-17-11-14(4-7-20(17)32-22)25-21(29)8-2-12-1-5-16(24)18(9-12)27(30)31/h1-11,28H,(H,25,29). The number of phenols is 1. The van der Waals surface area contributed by atoms with E-state index in [0.717, 1.165) is 0 Å². The average molecular weight is 515 g/mol. The second-order valence-corrected chi connectivity index (χ2v) is 7.92. The Balaban J connectivity index is 1.51. The van der Waals surface area contributed by atoms with E-state index in [1.807, 2.05) is 0 Å². The van der Waals surface area contributed by atoms with Crippen LogP contribution in [0.4, 0.5) is 11.4 Å². The average Bonchev–Trinajstić information content (AvgIpc) is 3.18. The first kappa shape index (κ1) is 21.5. The molecule has 0 saturated carbocycles. The van der Waals surface area contributed by atoms with Crippen molar-refractivity contribution in [3.63, 3.8) is 0 Å². The highest BCUT2D eigenvalue weighted by atomic mass is 79.9. The number of nitrogens with one attached hydrogen (secondary N) is 1. The fourth-order valence-corrected chi connectivity index (χ4v) is 3.46. The second kappa shape index (κ2) is 8.81. The van der Waals surface area contributed by atoms with Gasteiger partial charge < -0.3 is 14.8 Å². The second-order valence-electron chi connectivity index (χ2n) is 6.66. The van der Waals surface area contributed by atoms with E-state index in [0.29, 0.717) is 38.3 Å². The summed E-state index contributed by atoms with van der Waals surface area (Å²) in [5, 5.41) is 23.3. The van der Waals surface area contributed by atoms with Crippen molar-refractivity contribution in [3.8, 4) is 17.2 Å². The molecule has 10 heteroatoms. The zero-order valence-electron chi connectivity index (χ0n) is 16.1. The quantitative estimate of drug-likeness (QED) is 0.187. The first-order valence-electron chi connectivity index (χ1n) is 9.12. The largest absolute Gasteiger partial charge is 0.507 e. The van der Waals surface area contributed by atoms with Crippen LogP contribution >= 0.6 is 27.5 Å². The summed E-state index contributed by atoms with van der Waals surface area (Å²) < 4.78 is 6.27. The lowest BCUT2D eigenvalue weighted by atomic mass is 10.2. The van der Waals surface area contributed by atoms with Gasteiger partial charge in [0.15, 0.2) is 5.58 Å². The number of hydrogen-bond donors (Lipinski definition) is 2. The molecule has 0 aliphatic carbocycles. The number of hydrogen-bond acceptors (Lipinski definition) is 6. The minimum atomic E-state index is -0.585. The molecule has 1 heterocycles. The monoisotopic (exact) mass is 513 g/mol. The van der Waals surface area contributed by atoms with Crippen LogP contribution in [0.1, 0.15) is 5.56 Å². The van der Waals surface area contributed by atoms with Crippen molar-refractivity contribution >= 4 is 62.0 Å². The lowest BCUT2D eigenvalue weighted by molar-refractivity contribution is -0.384. The minimum absolute atomic E-state index is 0.0246. The third kappa shape index (κ3) is 4.63. The number of nitrogens with zero attached hydrogens (tertiary/aromatic N) is 2. The van der Waals surface area contributed by atoms with E-state index in [-0.39, 0.29) is 16.5 Å². The Morgan fingerprint density at radius 1 is 1.19 bits per heavy atom. The van der Waals surface area contributed by atoms with Crippen LogP contribution in [0.3, 0.4) is 0 Å². The number of nitro groups is 1. The zero-order valence-corrected chi connectivity index (χ0v) is 18.4. The van der Waals surface area contributed by atoms with Crippen molar-refractivity contribution < 1.29 is 19.2 Å². The number of aromatic nitrogens is 1. The van der Waals surface area contributed by atoms with Crippen LogP contribution in [0.25, 0.3) is 28.6 Å². The van der Waals surface area contributed by atoms with Crippen molar-refractivity contribution in [1.29, 1.82) is 0 Å². The molecule has 3 aromatic carbocycles. The molecule has 1 aromatic heterocycles. The molecule has 0 atom stereocenters. The van der Waals surface area contributed by atoms with Crippen LogP contribution in [0.5, 0.6) is 5.75 Å². The molecule has 2 N–H and O–H groups in total. The summed E-state index contributed by atoms with van der Waals surface area (Å²) in [6.45, 7) is 0.